The van der Waals surface area contributed by atoms with Crippen LogP contribution in [0.1, 0.15) is 265 Å². The van der Waals surface area contributed by atoms with Gasteiger partial charge in [-0.3, -0.25) is 14.2 Å². The van der Waals surface area contributed by atoms with E-state index in [2.05, 4.69) is 74.7 Å². The van der Waals surface area contributed by atoms with E-state index in [9.17, 15) is 19.0 Å². The van der Waals surface area contributed by atoms with Crippen molar-refractivity contribution in [2.24, 2.45) is 0 Å². The molecule has 0 aliphatic rings. The molecule has 0 aliphatic carbocycles. The smallest absolute Gasteiger partial charge is 0.306 e. The van der Waals surface area contributed by atoms with Crippen molar-refractivity contribution in [1.82, 2.24) is 5.32 Å². The number of nitrogens with zero attached hydrogens (tertiary/aromatic N) is 1. The van der Waals surface area contributed by atoms with Crippen LogP contribution in [-0.2, 0) is 27.9 Å². The quantitative estimate of drug-likeness (QED) is 0.0161. The molecule has 0 saturated carbocycles. The van der Waals surface area contributed by atoms with E-state index < -0.39 is 26.6 Å². The van der Waals surface area contributed by atoms with Gasteiger partial charge in [-0.25, -0.2) is 0 Å². The minimum atomic E-state index is -4.72. The maximum atomic E-state index is 13.6. The molecular weight excluding hydrogens is 1020 g/mol. The Labute approximate surface area is 499 Å². The van der Waals surface area contributed by atoms with Crippen LogP contribution in [-0.4, -0.2) is 69.4 Å². The number of unbranched alkanes of at least 4 members (excludes halogenated alkanes) is 29. The third kappa shape index (κ3) is 60.8. The highest BCUT2D eigenvalue weighted by Gasteiger charge is 2.27. The lowest BCUT2D eigenvalue weighted by atomic mass is 10.0. The van der Waals surface area contributed by atoms with Crippen molar-refractivity contribution in [2.45, 2.75) is 277 Å². The fraction of sp³-hybridized carbons (Fsp3) is 0.690. The Kier molecular flexibility index (Phi) is 56.9. The van der Waals surface area contributed by atoms with Crippen molar-refractivity contribution in [1.29, 1.82) is 0 Å². The molecular formula is C71H123N2O7P. The molecule has 3 unspecified atom stereocenters. The summed E-state index contributed by atoms with van der Waals surface area (Å²) < 4.78 is 30.3. The van der Waals surface area contributed by atoms with Gasteiger partial charge in [-0.1, -0.05) is 284 Å². The van der Waals surface area contributed by atoms with Crippen LogP contribution in [0.3, 0.4) is 0 Å². The van der Waals surface area contributed by atoms with Crippen molar-refractivity contribution in [2.75, 3.05) is 40.9 Å². The summed E-state index contributed by atoms with van der Waals surface area (Å²) in [7, 11) is 1.14. The van der Waals surface area contributed by atoms with Crippen molar-refractivity contribution in [3.63, 3.8) is 0 Å². The van der Waals surface area contributed by atoms with Crippen LogP contribution in [0, 0.1) is 0 Å². The zero-order valence-electron chi connectivity index (χ0n) is 52.9. The SMILES string of the molecule is CC\C=C/C=C/C=C/C=C\C=C\C=C\CCCCCC(=O)OC(/C=C\CCCCCCCCCCCCC)C(COP(=O)([O-])OCC[N+](C)(C)C)NC(=O)CCCCCCCCCCCCCC/C=C\C/C=C\C/C=C\CCCCC. The van der Waals surface area contributed by atoms with Crippen LogP contribution >= 0.6 is 7.82 Å². The first-order valence-electron chi connectivity index (χ1n) is 32.9. The van der Waals surface area contributed by atoms with E-state index in [-0.39, 0.29) is 24.9 Å². The summed E-state index contributed by atoms with van der Waals surface area (Å²) in [5.74, 6) is -0.598. The van der Waals surface area contributed by atoms with Gasteiger partial charge in [0.05, 0.1) is 33.8 Å². The average Bonchev–Trinajstić information content (AvgIpc) is 3.44. The summed E-state index contributed by atoms with van der Waals surface area (Å²) >= 11 is 0. The highest BCUT2D eigenvalue weighted by molar-refractivity contribution is 7.45. The molecule has 0 aromatic carbocycles. The monoisotopic (exact) mass is 1150 g/mol. The lowest BCUT2D eigenvalue weighted by Gasteiger charge is -2.30. The number of quaternary nitrogens is 1. The lowest BCUT2D eigenvalue weighted by molar-refractivity contribution is -0.870. The number of likely N-dealkylation sites (N-methyl/N-ethyl adjacent to an activating group) is 1. The van der Waals surface area contributed by atoms with E-state index in [1.807, 2.05) is 94.1 Å². The Balaban J connectivity index is 5.24. The summed E-state index contributed by atoms with van der Waals surface area (Å²) in [5, 5.41) is 3.02. The Hall–Kier alpha value is -3.59. The largest absolute Gasteiger partial charge is 0.756 e. The summed E-state index contributed by atoms with van der Waals surface area (Å²) in [6.45, 7) is 6.64. The van der Waals surface area contributed by atoms with Gasteiger partial charge in [0.1, 0.15) is 19.3 Å². The molecule has 0 aromatic heterocycles. The fourth-order valence-electron chi connectivity index (χ4n) is 8.97. The van der Waals surface area contributed by atoms with E-state index in [0.717, 1.165) is 83.5 Å². The second-order valence-electron chi connectivity index (χ2n) is 23.0. The second-order valence-corrected chi connectivity index (χ2v) is 24.4. The molecule has 3 atom stereocenters. The van der Waals surface area contributed by atoms with Crippen molar-refractivity contribution >= 4 is 19.7 Å². The van der Waals surface area contributed by atoms with E-state index >= 15 is 0 Å². The van der Waals surface area contributed by atoms with Gasteiger partial charge in [-0.05, 0) is 89.5 Å². The van der Waals surface area contributed by atoms with E-state index in [1.165, 1.54) is 141 Å². The molecule has 0 radical (unpaired) electrons. The minimum Gasteiger partial charge on any atom is -0.756 e. The summed E-state index contributed by atoms with van der Waals surface area (Å²) in [4.78, 5) is 40.1. The molecule has 0 fully saturated rings. The number of nitrogens with one attached hydrogen (secondary N) is 1. The van der Waals surface area contributed by atoms with E-state index in [0.29, 0.717) is 23.9 Å². The number of carbonyl (C=O) groups is 2. The van der Waals surface area contributed by atoms with Crippen LogP contribution in [0.4, 0.5) is 0 Å². The van der Waals surface area contributed by atoms with Gasteiger partial charge in [0.25, 0.3) is 7.82 Å². The number of amides is 1. The molecule has 1 N–H and O–H groups in total. The number of hydrogen-bond acceptors (Lipinski definition) is 7. The zero-order chi connectivity index (χ0) is 59.3. The molecule has 0 spiro atoms. The molecule has 81 heavy (non-hydrogen) atoms. The standard InChI is InChI=1S/C71H123N2O7P/c1-7-10-13-16-19-22-25-28-30-32-33-34-35-36-37-38-39-41-42-45-48-51-54-57-60-63-70(74)72-68(67-79-81(76,77)78-66-65-73(4,5)6)69(62-59-56-53-50-47-44-27-24-21-18-15-12-9-3)80-71(75)64-61-58-55-52-49-46-43-40-31-29-26-23-20-17-14-11-8-2/h11,14,17,19-20,22-23,26,28-31,33-34,40,43,46,49,59,62,68-69H,7-10,12-13,15-16,18,21,24-25,27,32,35-39,41-42,44-45,47-48,50-58,60-61,63-67H2,1-6H3,(H-,72,74,76,77)/b14-11-,20-17+,22-19-,26-23+,30-28-,31-29-,34-33-,43-40+,49-46+,62-59-. The maximum Gasteiger partial charge on any atom is 0.306 e. The van der Waals surface area contributed by atoms with Gasteiger partial charge < -0.3 is 28.5 Å². The Morgan fingerprint density at radius 1 is 0.457 bits per heavy atom. The molecule has 0 saturated heterocycles. The molecule has 464 valence electrons. The number of esters is 1. The van der Waals surface area contributed by atoms with Gasteiger partial charge >= 0.3 is 5.97 Å². The Morgan fingerprint density at radius 3 is 1.33 bits per heavy atom. The molecule has 0 heterocycles. The number of hydrogen-bond donors (Lipinski definition) is 1. The number of carbonyl (C=O) groups excluding carboxylic acids is 2. The Bertz CT molecular complexity index is 1800. The number of phosphoric ester groups is 1. The van der Waals surface area contributed by atoms with Crippen LogP contribution in [0.25, 0.3) is 0 Å². The number of phosphoric acid groups is 1. The molecule has 0 rings (SSSR count). The topological polar surface area (TPSA) is 114 Å². The third-order valence-electron chi connectivity index (χ3n) is 14.0. The van der Waals surface area contributed by atoms with Gasteiger partial charge in [0.15, 0.2) is 0 Å². The van der Waals surface area contributed by atoms with Crippen molar-refractivity contribution in [3.05, 3.63) is 122 Å². The van der Waals surface area contributed by atoms with Gasteiger partial charge in [-0.15, -0.1) is 0 Å². The first-order chi connectivity index (χ1) is 39.4. The molecule has 0 bridgehead atoms. The summed E-state index contributed by atoms with van der Waals surface area (Å²) in [6.07, 6.45) is 83.1. The lowest BCUT2D eigenvalue weighted by Crippen LogP contribution is -2.47. The molecule has 1 amide bonds. The van der Waals surface area contributed by atoms with Crippen molar-refractivity contribution < 1.29 is 37.3 Å². The average molecular weight is 1150 g/mol. The number of allylic oxidation sites excluding steroid dienone is 19. The van der Waals surface area contributed by atoms with Gasteiger partial charge in [0.2, 0.25) is 5.91 Å². The first-order valence-corrected chi connectivity index (χ1v) is 34.4. The minimum absolute atomic E-state index is 0.0363. The van der Waals surface area contributed by atoms with Crippen LogP contribution < -0.4 is 10.2 Å². The highest BCUT2D eigenvalue weighted by atomic mass is 31.2. The van der Waals surface area contributed by atoms with E-state index in [1.54, 1.807) is 0 Å². The number of rotatable bonds is 58. The van der Waals surface area contributed by atoms with Crippen LogP contribution in [0.5, 0.6) is 0 Å². The molecule has 0 aromatic rings. The highest BCUT2D eigenvalue weighted by Crippen LogP contribution is 2.38. The van der Waals surface area contributed by atoms with Gasteiger partial charge in [-0.2, -0.15) is 0 Å². The molecule has 0 aliphatic heterocycles. The van der Waals surface area contributed by atoms with Crippen molar-refractivity contribution in [3.8, 4) is 0 Å². The van der Waals surface area contributed by atoms with E-state index in [4.69, 9.17) is 13.8 Å². The second kappa shape index (κ2) is 59.6. The normalized spacial score (nSPS) is 14.4. The van der Waals surface area contributed by atoms with Gasteiger partial charge in [0, 0.05) is 12.8 Å². The zero-order valence-corrected chi connectivity index (χ0v) is 53.8. The summed E-state index contributed by atoms with van der Waals surface area (Å²) in [6, 6.07) is -0.917. The Morgan fingerprint density at radius 2 is 0.840 bits per heavy atom. The molecule has 9 nitrogen and oxygen atoms in total. The maximum absolute atomic E-state index is 13.6. The molecule has 10 heteroatoms. The first kappa shape index (κ1) is 77.4. The van der Waals surface area contributed by atoms with Crippen LogP contribution in [0.2, 0.25) is 0 Å². The summed E-state index contributed by atoms with van der Waals surface area (Å²) in [5.41, 5.74) is 0. The third-order valence-corrected chi connectivity index (χ3v) is 15.0. The predicted molar refractivity (Wildman–Crippen MR) is 348 cm³/mol. The van der Waals surface area contributed by atoms with Crippen LogP contribution in [0.15, 0.2) is 122 Å². The number of ether oxygens (including phenoxy) is 1. The fourth-order valence-corrected chi connectivity index (χ4v) is 9.70. The predicted octanol–water partition coefficient (Wildman–Crippen LogP) is 20.0.